The highest BCUT2D eigenvalue weighted by Crippen LogP contribution is 2.52. The molecule has 4 amide bonds. The van der Waals surface area contributed by atoms with E-state index in [4.69, 9.17) is 0 Å². The zero-order valence-corrected chi connectivity index (χ0v) is 78.5. The van der Waals surface area contributed by atoms with E-state index in [1.807, 2.05) is 0 Å². The topological polar surface area (TPSA) is 343 Å². The zero-order valence-electron chi connectivity index (χ0n) is 72.8. The Bertz CT molecular complexity index is 6730. The molecule has 4 aliphatic heterocycles. The lowest BCUT2D eigenvalue weighted by Gasteiger charge is -2.26. The van der Waals surface area contributed by atoms with Gasteiger partial charge in [-0.25, -0.2) is 102 Å². The van der Waals surface area contributed by atoms with Crippen LogP contribution in [0.15, 0.2) is 219 Å². The third-order valence-electron chi connectivity index (χ3n) is 22.5. The van der Waals surface area contributed by atoms with Gasteiger partial charge in [-0.05, 0) is 210 Å². The number of benzene rings is 7. The first-order chi connectivity index (χ1) is 67.6. The maximum Gasteiger partial charge on any atom is 0.451 e. The number of carbonyl (C=O) groups excluding carboxylic acids is 4. The number of aromatic nitrogens is 6. The van der Waals surface area contributed by atoms with E-state index in [1.54, 1.807) is 12.1 Å². The van der Waals surface area contributed by atoms with Gasteiger partial charge in [-0.2, -0.15) is 69.9 Å². The van der Waals surface area contributed by atoms with Gasteiger partial charge < -0.3 is 21.3 Å². The summed E-state index contributed by atoms with van der Waals surface area (Å²) in [5, 5.41) is 9.68. The van der Waals surface area contributed by atoms with E-state index < -0.39 is 232 Å². The van der Waals surface area contributed by atoms with E-state index >= 15 is 0 Å². The number of sulfonamides is 4. The number of piperidine rings is 1. The van der Waals surface area contributed by atoms with Crippen LogP contribution in [-0.2, 0) is 110 Å². The van der Waals surface area contributed by atoms with Gasteiger partial charge in [0.25, 0.3) is 0 Å². The molecule has 1 saturated carbocycles. The Labute approximate surface area is 814 Å². The molecule has 0 spiro atoms. The zero-order chi connectivity index (χ0) is 104. The molecule has 5 aromatic heterocycles. The molecule has 9 heterocycles. The van der Waals surface area contributed by atoms with Crippen molar-refractivity contribution in [2.24, 2.45) is 11.8 Å². The van der Waals surface area contributed by atoms with Crippen LogP contribution >= 0.6 is 34.0 Å². The minimum atomic E-state index is -4.66. The molecule has 144 heavy (non-hydrogen) atoms. The van der Waals surface area contributed by atoms with Gasteiger partial charge in [-0.15, -0.1) is 34.0 Å². The quantitative estimate of drug-likeness (QED) is 0.0408. The predicted molar refractivity (Wildman–Crippen MR) is 472 cm³/mol. The fourth-order valence-electron chi connectivity index (χ4n) is 15.6. The molecule has 0 radical (unpaired) electrons. The minimum absolute atomic E-state index is 0.0498. The average molecular weight is 2170 g/mol. The van der Waals surface area contributed by atoms with Gasteiger partial charge in [0.15, 0.2) is 15.7 Å². The Balaban J connectivity index is 0.000000152. The third kappa shape index (κ3) is 25.8. The number of thiazole rings is 3. The SMILES string of the molecule is O=C(NCc1cc(F)cc(-c2cnc(C(F)(F)F)s2)c1)[C@@H]1C[C@@H](F)CN1S(=O)(=O)c1ccc(F)cc1.O=C(NCc1cc(F)cc(-c2csc(C(F)(F)F)n2)c1)[C@@H]1C[C@@H](F)CN1S(=O)(=O)c1ccc(F)cc1.O=C(NCc1cc(F)cc(-c2nc(C(F)(F)F)cs2)c1)[C@@H]1C[C@@H](F)CN1S(=O)(=O)c1ccc(F)cc1.O=C(NCc1ccnc(-c2cnc(C(F)(F)F)nc2)c1)[C@@H]1[C@H]2C[C@H]2CN1S(=O)(=O)c1ccc(F)cc1. The highest BCUT2D eigenvalue weighted by Gasteiger charge is 2.59. The van der Waals surface area contributed by atoms with Crippen molar-refractivity contribution in [1.29, 1.82) is 0 Å². The van der Waals surface area contributed by atoms with E-state index in [-0.39, 0.29) is 119 Å². The average Bonchev–Trinajstić information content (AvgIpc) is 1.57. The third-order valence-corrected chi connectivity index (χ3v) is 32.9. The second-order valence-corrected chi connectivity index (χ2v) is 42.9. The number of halogens is 22. The molecule has 9 atom stereocenters. The number of fused-ring (bicyclic) bond motifs is 1. The minimum Gasteiger partial charge on any atom is -0.351 e. The number of pyridine rings is 1. The number of amides is 4. The van der Waals surface area contributed by atoms with Crippen LogP contribution in [0.2, 0.25) is 0 Å². The molecular formula is C89H70F22N14O12S7. The van der Waals surface area contributed by atoms with Crippen molar-refractivity contribution in [1.82, 2.24) is 68.4 Å². The number of nitrogens with one attached hydrogen (secondary N) is 4. The smallest absolute Gasteiger partial charge is 0.351 e. The molecule has 0 unspecified atom stereocenters. The highest BCUT2D eigenvalue weighted by atomic mass is 32.2. The van der Waals surface area contributed by atoms with Crippen LogP contribution in [0.1, 0.15) is 69.5 Å². The van der Waals surface area contributed by atoms with Crippen molar-refractivity contribution in [2.45, 2.75) is 139 Å². The molecule has 26 nitrogen and oxygen atoms in total. The molecular weight excluding hydrogens is 2100 g/mol. The van der Waals surface area contributed by atoms with Crippen molar-refractivity contribution in [2.75, 3.05) is 26.2 Å². The summed E-state index contributed by atoms with van der Waals surface area (Å²) >= 11 is 1.35. The Morgan fingerprint density at radius 2 is 0.743 bits per heavy atom. The van der Waals surface area contributed by atoms with E-state index in [1.165, 1.54) is 40.8 Å². The summed E-state index contributed by atoms with van der Waals surface area (Å²) in [5.41, 5.74) is 0.710. The van der Waals surface area contributed by atoms with Crippen LogP contribution in [0.3, 0.4) is 0 Å². The molecule has 7 aromatic carbocycles. The van der Waals surface area contributed by atoms with Gasteiger partial charge in [0, 0.05) is 124 Å². The van der Waals surface area contributed by atoms with Gasteiger partial charge in [0.2, 0.25) is 69.5 Å². The monoisotopic (exact) mass is 2170 g/mol. The number of alkyl halides is 15. The van der Waals surface area contributed by atoms with Crippen molar-refractivity contribution in [3.05, 3.63) is 284 Å². The largest absolute Gasteiger partial charge is 0.451 e. The fraction of sp³-hybridized carbons (Fsp3) is 0.281. The lowest BCUT2D eigenvalue weighted by Crippen LogP contribution is -2.48. The Morgan fingerprint density at radius 1 is 0.354 bits per heavy atom. The Kier molecular flexibility index (Phi) is 32.2. The first-order valence-corrected chi connectivity index (χ1v) is 50.4. The maximum absolute atomic E-state index is 14.2. The van der Waals surface area contributed by atoms with E-state index in [0.717, 1.165) is 157 Å². The number of nitrogens with zero attached hydrogens (tertiary/aromatic N) is 10. The lowest BCUT2D eigenvalue weighted by atomic mass is 10.1. The van der Waals surface area contributed by atoms with Crippen LogP contribution in [-0.4, -0.2) is 173 Å². The van der Waals surface area contributed by atoms with Gasteiger partial charge in [-0.3, -0.25) is 24.2 Å². The van der Waals surface area contributed by atoms with Crippen LogP contribution in [0, 0.1) is 52.6 Å². The molecule has 1 aliphatic carbocycles. The summed E-state index contributed by atoms with van der Waals surface area (Å²) in [4.78, 5) is 71.5. The van der Waals surface area contributed by atoms with Gasteiger partial charge in [0.1, 0.15) is 88.4 Å². The van der Waals surface area contributed by atoms with Crippen molar-refractivity contribution < 1.29 is 149 Å². The van der Waals surface area contributed by atoms with Crippen molar-refractivity contribution >= 4 is 97.7 Å². The maximum atomic E-state index is 14.2. The summed E-state index contributed by atoms with van der Waals surface area (Å²) in [7, 11) is -16.9. The standard InChI is InChI=1S/C23H19F4N5O3S.3C22H17F6N3O3S2/c24-16-1-3-17(4-2-16)36(34,35)32-12-14-8-18(14)20(32)21(33)29-9-13-5-6-28-19(7-13)15-10-30-22(31-11-15)23(25,26)27;23-14-1-3-17(4-2-14)36(33,34)31-11-16(25)8-18(31)20(32)29-9-12-5-13(7-15(24)6-12)19-10-30-21(35-19)22(26,27)28;23-14-1-3-17(4-2-14)36(33,34)31-10-16(25)8-19(31)20(32)29-9-12-5-13(7-15(24)6-12)18-11-35-21(30-18)22(26,27)28;23-14-1-3-17(4-2-14)36(33,34)31-10-16(25)8-18(31)20(32)29-9-12-5-13(7-15(24)6-12)21-30-19(11-35-21)22(26,27)28/h1-7,10-11,14,18,20H,8-9,12H2,(H,29,33);1-7,10,16,18H,8-9,11H2,(H,29,32);1-7,11,16,19H,8-10H2,(H,29,32);1-7,11,16,18H,8-10H2,(H,29,32)/t14-,18-,20-;16-,18+;16-,19+;16-,18+/m0111/s1. The molecule has 5 fully saturated rings. The number of carbonyl (C=O) groups is 4. The predicted octanol–water partition coefficient (Wildman–Crippen LogP) is 16.6. The van der Waals surface area contributed by atoms with Crippen LogP contribution in [0.25, 0.3) is 43.5 Å². The number of hydrogen-bond donors (Lipinski definition) is 4. The fourth-order valence-corrected chi connectivity index (χ4v) is 24.4. The molecule has 12 aromatic rings. The Morgan fingerprint density at radius 3 is 1.14 bits per heavy atom. The summed E-state index contributed by atoms with van der Waals surface area (Å²) in [6.45, 7) is -2.37. The summed E-state index contributed by atoms with van der Waals surface area (Å²) < 4.78 is 398. The van der Waals surface area contributed by atoms with E-state index in [2.05, 4.69) is 51.2 Å². The van der Waals surface area contributed by atoms with Crippen LogP contribution < -0.4 is 21.3 Å². The molecule has 17 rings (SSSR count). The molecule has 5 aliphatic rings. The van der Waals surface area contributed by atoms with Crippen LogP contribution in [0.5, 0.6) is 0 Å². The van der Waals surface area contributed by atoms with Gasteiger partial charge in [-0.1, -0.05) is 0 Å². The number of hydrogen-bond acceptors (Lipinski definition) is 21. The summed E-state index contributed by atoms with van der Waals surface area (Å²) in [6, 6.07) is 24.3. The van der Waals surface area contributed by atoms with E-state index in [0.29, 0.717) is 58.2 Å². The number of rotatable bonds is 24. The van der Waals surface area contributed by atoms with Crippen molar-refractivity contribution in [3.8, 4) is 43.5 Å². The first kappa shape index (κ1) is 107. The lowest BCUT2D eigenvalue weighted by molar-refractivity contribution is -0.145. The highest BCUT2D eigenvalue weighted by molar-refractivity contribution is 7.90. The molecule has 4 N–H and O–H groups in total. The second-order valence-electron chi connectivity index (χ2n) is 32.6. The van der Waals surface area contributed by atoms with Crippen LogP contribution in [0.4, 0.5) is 96.6 Å². The van der Waals surface area contributed by atoms with Crippen molar-refractivity contribution in [3.63, 3.8) is 0 Å². The van der Waals surface area contributed by atoms with Gasteiger partial charge >= 0.3 is 24.7 Å². The first-order valence-electron chi connectivity index (χ1n) is 42.0. The molecule has 55 heteroatoms. The van der Waals surface area contributed by atoms with Gasteiger partial charge in [0.05, 0.1) is 35.8 Å². The molecule has 0 bridgehead atoms. The van der Waals surface area contributed by atoms with E-state index in [9.17, 15) is 149 Å². The normalized spacial score (nSPS) is 19.6. The summed E-state index contributed by atoms with van der Waals surface area (Å²) in [6.07, 6.45) is -19.5. The molecule has 764 valence electrons. The second kappa shape index (κ2) is 43.1. The molecule has 4 saturated heterocycles. The Hall–Kier alpha value is -12.4. The summed E-state index contributed by atoms with van der Waals surface area (Å²) in [5.74, 6) is -9.17.